The second kappa shape index (κ2) is 13.0. The van der Waals surface area contributed by atoms with Gasteiger partial charge in [0.25, 0.3) is 0 Å². The Labute approximate surface area is 190 Å². The van der Waals surface area contributed by atoms with Crippen molar-refractivity contribution in [3.63, 3.8) is 0 Å². The minimum atomic E-state index is -0.384. The van der Waals surface area contributed by atoms with Crippen molar-refractivity contribution in [3.8, 4) is 6.07 Å². The molecule has 1 fully saturated rings. The molecule has 1 aromatic carbocycles. The van der Waals surface area contributed by atoms with E-state index in [1.165, 1.54) is 96.0 Å². The highest BCUT2D eigenvalue weighted by molar-refractivity contribution is 5.33. The summed E-state index contributed by atoms with van der Waals surface area (Å²) < 4.78 is 13.8. The van der Waals surface area contributed by atoms with E-state index in [-0.39, 0.29) is 11.4 Å². The normalized spacial score (nSPS) is 23.9. The molecule has 1 nitrogen and oxygen atoms in total. The predicted octanol–water partition coefficient (Wildman–Crippen LogP) is 8.91. The highest BCUT2D eigenvalue weighted by Crippen LogP contribution is 2.41. The molecule has 0 spiro atoms. The first-order valence-electron chi connectivity index (χ1n) is 13.1. The molecule has 1 saturated carbocycles. The van der Waals surface area contributed by atoms with Crippen LogP contribution in [0.2, 0.25) is 0 Å². The fourth-order valence-corrected chi connectivity index (χ4v) is 5.84. The van der Waals surface area contributed by atoms with Gasteiger partial charge in [-0.05, 0) is 80.4 Å². The third-order valence-corrected chi connectivity index (χ3v) is 7.96. The van der Waals surface area contributed by atoms with Gasteiger partial charge in [0.05, 0.1) is 5.56 Å². The fraction of sp³-hybridized carbons (Fsp3) is 0.690. The van der Waals surface area contributed by atoms with Crippen LogP contribution in [-0.2, 0) is 6.42 Å². The van der Waals surface area contributed by atoms with Crippen LogP contribution in [0.5, 0.6) is 0 Å². The van der Waals surface area contributed by atoms with E-state index < -0.39 is 0 Å². The van der Waals surface area contributed by atoms with Crippen LogP contribution in [0, 0.1) is 34.9 Å². The molecule has 2 aliphatic rings. The van der Waals surface area contributed by atoms with Gasteiger partial charge in [0.15, 0.2) is 0 Å². The van der Waals surface area contributed by atoms with Gasteiger partial charge in [0, 0.05) is 0 Å². The molecule has 0 aromatic heterocycles. The Morgan fingerprint density at radius 2 is 1.71 bits per heavy atom. The van der Waals surface area contributed by atoms with Crippen molar-refractivity contribution < 1.29 is 4.39 Å². The predicted molar refractivity (Wildman–Crippen MR) is 128 cm³/mol. The van der Waals surface area contributed by atoms with Crippen LogP contribution in [0.25, 0.3) is 0 Å². The number of aryl methyl sites for hydroxylation is 1. The summed E-state index contributed by atoms with van der Waals surface area (Å²) in [5.41, 5.74) is 2.70. The van der Waals surface area contributed by atoms with Crippen molar-refractivity contribution in [1.82, 2.24) is 0 Å². The molecule has 1 unspecified atom stereocenters. The first-order chi connectivity index (χ1) is 15.2. The van der Waals surface area contributed by atoms with E-state index in [0.29, 0.717) is 0 Å². The number of rotatable bonds is 11. The highest BCUT2D eigenvalue weighted by Gasteiger charge is 2.28. The maximum atomic E-state index is 13.8. The number of hydrogen-bond acceptors (Lipinski definition) is 1. The summed E-state index contributed by atoms with van der Waals surface area (Å²) in [5, 5.41) is 8.87. The van der Waals surface area contributed by atoms with Gasteiger partial charge in [-0.1, -0.05) is 82.4 Å². The average Bonchev–Trinajstić information content (AvgIpc) is 2.81. The van der Waals surface area contributed by atoms with E-state index in [9.17, 15) is 4.39 Å². The second-order valence-corrected chi connectivity index (χ2v) is 10.2. The molecule has 1 aromatic rings. The molecule has 170 valence electrons. The van der Waals surface area contributed by atoms with Crippen LogP contribution in [0.15, 0.2) is 29.8 Å². The van der Waals surface area contributed by atoms with Gasteiger partial charge < -0.3 is 0 Å². The van der Waals surface area contributed by atoms with Crippen LogP contribution >= 0.6 is 0 Å². The molecule has 0 heterocycles. The summed E-state index contributed by atoms with van der Waals surface area (Å²) in [6.07, 6.45) is 24.1. The van der Waals surface area contributed by atoms with Gasteiger partial charge in [-0.3, -0.25) is 0 Å². The standard InChI is InChI=1S/C29H42FN/c1-2-3-4-5-6-7-8-23-11-16-26(17-12-23)27-18-13-24(14-19-27)9-10-25-15-20-28(22-31)29(30)21-25/h13,15,20-21,23,26-27H,2-12,14,16-19H2,1H3. The van der Waals surface area contributed by atoms with Gasteiger partial charge in [-0.15, -0.1) is 0 Å². The maximum absolute atomic E-state index is 13.8. The van der Waals surface area contributed by atoms with Crippen molar-refractivity contribution in [2.45, 2.75) is 110 Å². The zero-order valence-electron chi connectivity index (χ0n) is 19.7. The van der Waals surface area contributed by atoms with E-state index in [4.69, 9.17) is 5.26 Å². The Morgan fingerprint density at radius 3 is 2.39 bits per heavy atom. The van der Waals surface area contributed by atoms with E-state index in [0.717, 1.165) is 36.2 Å². The van der Waals surface area contributed by atoms with Crippen LogP contribution < -0.4 is 0 Å². The van der Waals surface area contributed by atoms with Gasteiger partial charge in [-0.2, -0.15) is 5.26 Å². The zero-order chi connectivity index (χ0) is 21.9. The van der Waals surface area contributed by atoms with Crippen LogP contribution in [-0.4, -0.2) is 0 Å². The molecule has 3 rings (SSSR count). The van der Waals surface area contributed by atoms with Crippen LogP contribution in [0.3, 0.4) is 0 Å². The number of benzene rings is 1. The monoisotopic (exact) mass is 423 g/mol. The first-order valence-corrected chi connectivity index (χ1v) is 13.1. The van der Waals surface area contributed by atoms with Gasteiger partial charge in [-0.25, -0.2) is 4.39 Å². The summed E-state index contributed by atoms with van der Waals surface area (Å²) in [6, 6.07) is 6.95. The molecule has 1 atom stereocenters. The number of halogens is 1. The zero-order valence-corrected chi connectivity index (χ0v) is 19.7. The Hall–Kier alpha value is -1.62. The Morgan fingerprint density at radius 1 is 0.935 bits per heavy atom. The minimum Gasteiger partial charge on any atom is -0.206 e. The van der Waals surface area contributed by atoms with E-state index in [2.05, 4.69) is 13.0 Å². The van der Waals surface area contributed by atoms with Crippen LogP contribution in [0.1, 0.15) is 114 Å². The molecule has 0 amide bonds. The summed E-state index contributed by atoms with van der Waals surface area (Å²) >= 11 is 0. The number of unbranched alkanes of at least 4 members (excludes halogenated alkanes) is 5. The van der Waals surface area contributed by atoms with Crippen molar-refractivity contribution in [3.05, 3.63) is 46.8 Å². The summed E-state index contributed by atoms with van der Waals surface area (Å²) in [6.45, 7) is 2.29. The fourth-order valence-electron chi connectivity index (χ4n) is 5.84. The topological polar surface area (TPSA) is 23.8 Å². The number of nitriles is 1. The summed E-state index contributed by atoms with van der Waals surface area (Å²) in [7, 11) is 0. The SMILES string of the molecule is CCCCCCCCC1CCC(C2CC=C(CCc3ccc(C#N)c(F)c3)CC2)CC1. The third kappa shape index (κ3) is 7.78. The number of hydrogen-bond donors (Lipinski definition) is 0. The van der Waals surface area contributed by atoms with Crippen molar-refractivity contribution >= 4 is 0 Å². The summed E-state index contributed by atoms with van der Waals surface area (Å²) in [5.74, 6) is 2.46. The molecular weight excluding hydrogens is 381 g/mol. The number of nitrogens with zero attached hydrogens (tertiary/aromatic N) is 1. The lowest BCUT2D eigenvalue weighted by Crippen LogP contribution is -2.23. The van der Waals surface area contributed by atoms with E-state index in [1.807, 2.05) is 12.1 Å². The molecule has 0 bridgehead atoms. The third-order valence-electron chi connectivity index (χ3n) is 7.96. The molecule has 2 heteroatoms. The Balaban J connectivity index is 1.32. The average molecular weight is 424 g/mol. The van der Waals surface area contributed by atoms with Gasteiger partial charge in [0.1, 0.15) is 11.9 Å². The van der Waals surface area contributed by atoms with Crippen molar-refractivity contribution in [1.29, 1.82) is 5.26 Å². The van der Waals surface area contributed by atoms with E-state index in [1.54, 1.807) is 11.6 Å². The lowest BCUT2D eigenvalue weighted by atomic mass is 9.70. The van der Waals surface area contributed by atoms with E-state index >= 15 is 0 Å². The lowest BCUT2D eigenvalue weighted by Gasteiger charge is -2.35. The smallest absolute Gasteiger partial charge is 0.141 e. The Kier molecular flexibility index (Phi) is 10.1. The molecule has 0 saturated heterocycles. The van der Waals surface area contributed by atoms with Crippen molar-refractivity contribution in [2.24, 2.45) is 17.8 Å². The maximum Gasteiger partial charge on any atom is 0.141 e. The molecular formula is C29H42FN. The largest absolute Gasteiger partial charge is 0.206 e. The molecule has 0 N–H and O–H groups in total. The number of allylic oxidation sites excluding steroid dienone is 2. The van der Waals surface area contributed by atoms with Gasteiger partial charge >= 0.3 is 0 Å². The second-order valence-electron chi connectivity index (χ2n) is 10.2. The molecule has 0 radical (unpaired) electrons. The first kappa shape index (κ1) is 24.0. The van der Waals surface area contributed by atoms with Crippen LogP contribution in [0.4, 0.5) is 4.39 Å². The highest BCUT2D eigenvalue weighted by atomic mass is 19.1. The quantitative estimate of drug-likeness (QED) is 0.257. The molecule has 31 heavy (non-hydrogen) atoms. The van der Waals surface area contributed by atoms with Crippen molar-refractivity contribution in [2.75, 3.05) is 0 Å². The molecule has 0 aliphatic heterocycles. The summed E-state index contributed by atoms with van der Waals surface area (Å²) in [4.78, 5) is 0. The lowest BCUT2D eigenvalue weighted by molar-refractivity contribution is 0.185. The van der Waals surface area contributed by atoms with Gasteiger partial charge in [0.2, 0.25) is 0 Å². The Bertz CT molecular complexity index is 736. The molecule has 2 aliphatic carbocycles. The minimum absolute atomic E-state index is 0.144.